The first-order chi connectivity index (χ1) is 5.83. The minimum Gasteiger partial charge on any atom is -0.426 e. The monoisotopic (exact) mass is 163 g/mol. The molecule has 0 fully saturated rings. The summed E-state index contributed by atoms with van der Waals surface area (Å²) < 4.78 is 4.96. The predicted molar refractivity (Wildman–Crippen MR) is 45.8 cm³/mol. The van der Waals surface area contributed by atoms with Gasteiger partial charge in [-0.3, -0.25) is 4.79 Å². The topological polar surface area (TPSA) is 26.3 Å². The van der Waals surface area contributed by atoms with Gasteiger partial charge in [0.1, 0.15) is 5.75 Å². The van der Waals surface area contributed by atoms with Gasteiger partial charge in [0, 0.05) is 12.5 Å². The molecule has 1 radical (unpaired) electrons. The zero-order chi connectivity index (χ0) is 8.81. The van der Waals surface area contributed by atoms with Crippen molar-refractivity contribution in [3.63, 3.8) is 0 Å². The second-order valence-electron chi connectivity index (χ2n) is 2.45. The normalized spacial score (nSPS) is 9.42. The Morgan fingerprint density at radius 2 is 2.42 bits per heavy atom. The highest BCUT2D eigenvalue weighted by atomic mass is 16.5. The summed E-state index contributed by atoms with van der Waals surface area (Å²) in [7, 11) is 0. The van der Waals surface area contributed by atoms with Crippen LogP contribution in [0.25, 0.3) is 0 Å². The van der Waals surface area contributed by atoms with E-state index in [-0.39, 0.29) is 5.97 Å². The molecule has 1 aromatic rings. The van der Waals surface area contributed by atoms with E-state index in [1.807, 2.05) is 19.1 Å². The summed E-state index contributed by atoms with van der Waals surface area (Å²) in [6.07, 6.45) is 1.27. The van der Waals surface area contributed by atoms with E-state index in [2.05, 4.69) is 6.07 Å². The van der Waals surface area contributed by atoms with Gasteiger partial charge in [-0.1, -0.05) is 25.1 Å². The lowest BCUT2D eigenvalue weighted by Gasteiger charge is -2.00. The molecule has 0 saturated carbocycles. The van der Waals surface area contributed by atoms with Crippen molar-refractivity contribution in [3.8, 4) is 5.75 Å². The van der Waals surface area contributed by atoms with Crippen LogP contribution in [0.1, 0.15) is 19.8 Å². The fourth-order valence-corrected chi connectivity index (χ4v) is 0.818. The average molecular weight is 163 g/mol. The lowest BCUT2D eigenvalue weighted by molar-refractivity contribution is -0.134. The van der Waals surface area contributed by atoms with E-state index >= 15 is 0 Å². The van der Waals surface area contributed by atoms with Crippen molar-refractivity contribution in [1.82, 2.24) is 0 Å². The summed E-state index contributed by atoms with van der Waals surface area (Å²) in [5, 5.41) is 0. The fourth-order valence-electron chi connectivity index (χ4n) is 0.818. The maximum atomic E-state index is 11.0. The highest BCUT2D eigenvalue weighted by molar-refractivity contribution is 5.72. The molecule has 63 valence electrons. The molecule has 0 bridgehead atoms. The summed E-state index contributed by atoms with van der Waals surface area (Å²) in [4.78, 5) is 11.0. The molecule has 0 aliphatic carbocycles. The van der Waals surface area contributed by atoms with Crippen LogP contribution in [0.2, 0.25) is 0 Å². The number of esters is 1. The fraction of sp³-hybridized carbons (Fsp3) is 0.300. The third-order valence-electron chi connectivity index (χ3n) is 1.36. The molecule has 2 heteroatoms. The molecule has 0 aliphatic heterocycles. The third kappa shape index (κ3) is 2.74. The number of para-hydroxylation sites is 1. The first-order valence-corrected chi connectivity index (χ1v) is 4.00. The minimum absolute atomic E-state index is 0.194. The molecule has 0 N–H and O–H groups in total. The van der Waals surface area contributed by atoms with Crippen molar-refractivity contribution >= 4 is 5.97 Å². The van der Waals surface area contributed by atoms with Crippen LogP contribution in [0.15, 0.2) is 24.3 Å². The van der Waals surface area contributed by atoms with E-state index in [4.69, 9.17) is 4.74 Å². The molecule has 1 aromatic carbocycles. The van der Waals surface area contributed by atoms with E-state index in [9.17, 15) is 4.79 Å². The number of ether oxygens (including phenoxy) is 1. The minimum atomic E-state index is -0.194. The standard InChI is InChI=1S/C10H11O2/c1-2-6-10(11)12-9-7-4-3-5-8-9/h3-5,7H,2,6H2,1H3. The lowest BCUT2D eigenvalue weighted by Crippen LogP contribution is -2.06. The van der Waals surface area contributed by atoms with Crippen LogP contribution in [0.3, 0.4) is 0 Å². The Morgan fingerprint density at radius 3 is 3.00 bits per heavy atom. The summed E-state index contributed by atoms with van der Waals surface area (Å²) in [6.45, 7) is 1.94. The summed E-state index contributed by atoms with van der Waals surface area (Å²) >= 11 is 0. The van der Waals surface area contributed by atoms with Gasteiger partial charge in [-0.05, 0) is 12.5 Å². The summed E-state index contributed by atoms with van der Waals surface area (Å²) in [6, 6.07) is 9.89. The van der Waals surface area contributed by atoms with Crippen LogP contribution in [0, 0.1) is 6.07 Å². The van der Waals surface area contributed by atoms with Gasteiger partial charge in [0.2, 0.25) is 0 Å². The Kier molecular flexibility index (Phi) is 3.33. The Morgan fingerprint density at radius 1 is 1.58 bits per heavy atom. The van der Waals surface area contributed by atoms with E-state index in [1.54, 1.807) is 12.1 Å². The number of carbonyl (C=O) groups excluding carboxylic acids is 1. The molecule has 0 atom stereocenters. The Hall–Kier alpha value is -1.31. The van der Waals surface area contributed by atoms with Gasteiger partial charge in [-0.2, -0.15) is 0 Å². The quantitative estimate of drug-likeness (QED) is 0.504. The molecule has 0 spiro atoms. The number of benzene rings is 1. The van der Waals surface area contributed by atoms with Crippen LogP contribution in [0.5, 0.6) is 5.75 Å². The Balaban J connectivity index is 2.47. The van der Waals surface area contributed by atoms with Crippen LogP contribution in [0.4, 0.5) is 0 Å². The van der Waals surface area contributed by atoms with E-state index < -0.39 is 0 Å². The van der Waals surface area contributed by atoms with Gasteiger partial charge < -0.3 is 4.74 Å². The Labute approximate surface area is 72.2 Å². The smallest absolute Gasteiger partial charge is 0.311 e. The van der Waals surface area contributed by atoms with Crippen molar-refractivity contribution in [2.24, 2.45) is 0 Å². The molecule has 1 rings (SSSR count). The van der Waals surface area contributed by atoms with Gasteiger partial charge in [-0.25, -0.2) is 0 Å². The van der Waals surface area contributed by atoms with Gasteiger partial charge >= 0.3 is 5.97 Å². The van der Waals surface area contributed by atoms with Crippen molar-refractivity contribution in [2.45, 2.75) is 19.8 Å². The summed E-state index contributed by atoms with van der Waals surface area (Å²) in [5.41, 5.74) is 0. The molecule has 2 nitrogen and oxygen atoms in total. The maximum absolute atomic E-state index is 11.0. The predicted octanol–water partition coefficient (Wildman–Crippen LogP) is 2.19. The van der Waals surface area contributed by atoms with Gasteiger partial charge in [0.25, 0.3) is 0 Å². The Bertz CT molecular complexity index is 241. The molecule has 0 saturated heterocycles. The van der Waals surface area contributed by atoms with Gasteiger partial charge in [0.05, 0.1) is 0 Å². The second-order valence-corrected chi connectivity index (χ2v) is 2.45. The lowest BCUT2D eigenvalue weighted by atomic mass is 10.3. The van der Waals surface area contributed by atoms with E-state index in [0.717, 1.165) is 6.42 Å². The van der Waals surface area contributed by atoms with Crippen molar-refractivity contribution in [3.05, 3.63) is 30.3 Å². The van der Waals surface area contributed by atoms with Crippen molar-refractivity contribution in [1.29, 1.82) is 0 Å². The second kappa shape index (κ2) is 4.54. The first kappa shape index (κ1) is 8.78. The number of hydrogen-bond acceptors (Lipinski definition) is 2. The molecule has 12 heavy (non-hydrogen) atoms. The summed E-state index contributed by atoms with van der Waals surface area (Å²) in [5.74, 6) is 0.302. The van der Waals surface area contributed by atoms with Crippen LogP contribution >= 0.6 is 0 Å². The molecular formula is C10H11O2. The van der Waals surface area contributed by atoms with E-state index in [0.29, 0.717) is 12.2 Å². The molecule has 0 amide bonds. The number of hydrogen-bond donors (Lipinski definition) is 0. The van der Waals surface area contributed by atoms with Crippen LogP contribution < -0.4 is 4.74 Å². The van der Waals surface area contributed by atoms with E-state index in [1.165, 1.54) is 0 Å². The number of rotatable bonds is 3. The van der Waals surface area contributed by atoms with Crippen molar-refractivity contribution < 1.29 is 9.53 Å². The van der Waals surface area contributed by atoms with Gasteiger partial charge in [0.15, 0.2) is 0 Å². The van der Waals surface area contributed by atoms with Gasteiger partial charge in [-0.15, -0.1) is 0 Å². The van der Waals surface area contributed by atoms with Crippen molar-refractivity contribution in [2.75, 3.05) is 0 Å². The SMILES string of the molecule is CCCC(=O)Oc1[c]cccc1. The largest absolute Gasteiger partial charge is 0.426 e. The highest BCUT2D eigenvalue weighted by Crippen LogP contribution is 2.08. The first-order valence-electron chi connectivity index (χ1n) is 4.00. The molecular weight excluding hydrogens is 152 g/mol. The maximum Gasteiger partial charge on any atom is 0.311 e. The molecule has 0 aromatic heterocycles. The molecule has 0 aliphatic rings. The highest BCUT2D eigenvalue weighted by Gasteiger charge is 2.01. The molecule has 0 heterocycles. The zero-order valence-electron chi connectivity index (χ0n) is 7.04. The third-order valence-corrected chi connectivity index (χ3v) is 1.36. The number of carbonyl (C=O) groups is 1. The average Bonchev–Trinajstić information content (AvgIpc) is 2.06. The van der Waals surface area contributed by atoms with Crippen LogP contribution in [-0.4, -0.2) is 5.97 Å². The van der Waals surface area contributed by atoms with Crippen LogP contribution in [-0.2, 0) is 4.79 Å². The zero-order valence-corrected chi connectivity index (χ0v) is 7.04. The molecule has 0 unspecified atom stereocenters.